The van der Waals surface area contributed by atoms with Gasteiger partial charge in [0.25, 0.3) is 5.91 Å². The Morgan fingerprint density at radius 3 is 2.55 bits per heavy atom. The first kappa shape index (κ1) is 20.7. The molecule has 2 rings (SSSR count). The Balaban J connectivity index is 0.00000220. The first-order valence-electron chi connectivity index (χ1n) is 6.45. The lowest BCUT2D eigenvalue weighted by molar-refractivity contribution is 0.0951. The van der Waals surface area contributed by atoms with Crippen LogP contribution in [0.4, 0.5) is 5.69 Å². The van der Waals surface area contributed by atoms with Crippen molar-refractivity contribution in [2.45, 2.75) is 32.7 Å². The summed E-state index contributed by atoms with van der Waals surface area (Å²) in [6.07, 6.45) is 0. The molecule has 22 heavy (non-hydrogen) atoms. The van der Waals surface area contributed by atoms with Gasteiger partial charge < -0.3 is 11.1 Å². The fourth-order valence-corrected chi connectivity index (χ4v) is 2.63. The zero-order valence-corrected chi connectivity index (χ0v) is 15.2. The number of carbonyl (C=O) groups excluding carboxylic acids is 1. The summed E-state index contributed by atoms with van der Waals surface area (Å²) in [7, 11) is 0. The number of halogens is 2. The molecule has 7 heteroatoms. The summed E-state index contributed by atoms with van der Waals surface area (Å²) in [5, 5.41) is 5.81. The number of benzene rings is 1. The van der Waals surface area contributed by atoms with Crippen LogP contribution in [-0.4, -0.2) is 10.9 Å². The van der Waals surface area contributed by atoms with E-state index >= 15 is 0 Å². The van der Waals surface area contributed by atoms with E-state index in [0.29, 0.717) is 17.8 Å². The predicted molar refractivity (Wildman–Crippen MR) is 97.3 cm³/mol. The molecule has 0 fully saturated rings. The minimum atomic E-state index is -0.134. The molecule has 1 heterocycles. The molecule has 3 N–H and O–H groups in total. The number of nitrogen functional groups attached to an aromatic ring is 1. The first-order valence-corrected chi connectivity index (χ1v) is 7.33. The van der Waals surface area contributed by atoms with Crippen molar-refractivity contribution >= 4 is 47.7 Å². The summed E-state index contributed by atoms with van der Waals surface area (Å²) in [5.74, 6) is -0.134. The minimum absolute atomic E-state index is 0. The number of carbonyl (C=O) groups is 1. The number of anilines is 1. The second-order valence-corrected chi connectivity index (χ2v) is 6.63. The number of rotatable bonds is 3. The standard InChI is InChI=1S/C15H19N3OS.2ClH/c1-15(2,3)12-9-20-13(18-12)8-17-14(19)10-5-4-6-11(16)7-10;;/h4-7,9H,8,16H2,1-3H3,(H,17,19);2*1H. The van der Waals surface area contributed by atoms with Gasteiger partial charge in [0.05, 0.1) is 12.2 Å². The maximum absolute atomic E-state index is 12.0. The Bertz CT molecular complexity index is 623. The summed E-state index contributed by atoms with van der Waals surface area (Å²) in [6.45, 7) is 6.81. The van der Waals surface area contributed by atoms with Crippen LogP contribution in [0.2, 0.25) is 0 Å². The lowest BCUT2D eigenvalue weighted by atomic mass is 9.93. The highest BCUT2D eigenvalue weighted by molar-refractivity contribution is 7.09. The molecule has 0 aliphatic rings. The first-order chi connectivity index (χ1) is 9.36. The van der Waals surface area contributed by atoms with Crippen LogP contribution >= 0.6 is 36.2 Å². The van der Waals surface area contributed by atoms with Crippen molar-refractivity contribution in [3.63, 3.8) is 0 Å². The van der Waals surface area contributed by atoms with Gasteiger partial charge in [-0.3, -0.25) is 4.79 Å². The van der Waals surface area contributed by atoms with Gasteiger partial charge in [-0.2, -0.15) is 0 Å². The van der Waals surface area contributed by atoms with Gasteiger partial charge in [0.15, 0.2) is 0 Å². The Morgan fingerprint density at radius 2 is 2.00 bits per heavy atom. The van der Waals surface area contributed by atoms with E-state index in [4.69, 9.17) is 5.73 Å². The van der Waals surface area contributed by atoms with Crippen molar-refractivity contribution in [3.05, 3.63) is 45.9 Å². The number of nitrogens with one attached hydrogen (secondary N) is 1. The molecule has 0 unspecified atom stereocenters. The van der Waals surface area contributed by atoms with E-state index in [1.807, 2.05) is 5.38 Å². The number of thiazole rings is 1. The molecule has 2 aromatic rings. The van der Waals surface area contributed by atoms with Gasteiger partial charge in [0.2, 0.25) is 0 Å². The van der Waals surface area contributed by atoms with Gasteiger partial charge >= 0.3 is 0 Å². The third-order valence-electron chi connectivity index (χ3n) is 2.87. The fourth-order valence-electron chi connectivity index (χ4n) is 1.67. The minimum Gasteiger partial charge on any atom is -0.399 e. The molecular weight excluding hydrogens is 341 g/mol. The van der Waals surface area contributed by atoms with Crippen LogP contribution in [0.5, 0.6) is 0 Å². The van der Waals surface area contributed by atoms with Crippen molar-refractivity contribution in [2.75, 3.05) is 5.73 Å². The number of nitrogens with two attached hydrogens (primary N) is 1. The molecule has 0 bridgehead atoms. The van der Waals surface area contributed by atoms with Crippen LogP contribution in [-0.2, 0) is 12.0 Å². The fraction of sp³-hybridized carbons (Fsp3) is 0.333. The van der Waals surface area contributed by atoms with Gasteiger partial charge in [0.1, 0.15) is 5.01 Å². The quantitative estimate of drug-likeness (QED) is 0.816. The van der Waals surface area contributed by atoms with Gasteiger partial charge in [0, 0.05) is 22.0 Å². The highest BCUT2D eigenvalue weighted by Crippen LogP contribution is 2.23. The Kier molecular flexibility index (Phi) is 7.87. The predicted octanol–water partition coefficient (Wildman–Crippen LogP) is 3.80. The summed E-state index contributed by atoms with van der Waals surface area (Å²) in [4.78, 5) is 16.5. The van der Waals surface area contributed by atoms with Crippen molar-refractivity contribution in [2.24, 2.45) is 0 Å². The van der Waals surface area contributed by atoms with Crippen LogP contribution in [0, 0.1) is 0 Å². The number of amides is 1. The summed E-state index contributed by atoms with van der Waals surface area (Å²) < 4.78 is 0. The summed E-state index contributed by atoms with van der Waals surface area (Å²) in [6, 6.07) is 6.93. The number of nitrogens with zero attached hydrogens (tertiary/aromatic N) is 1. The summed E-state index contributed by atoms with van der Waals surface area (Å²) in [5.41, 5.74) is 7.90. The molecule has 0 aliphatic heterocycles. The highest BCUT2D eigenvalue weighted by atomic mass is 35.5. The summed E-state index contributed by atoms with van der Waals surface area (Å²) >= 11 is 1.57. The number of hydrogen-bond acceptors (Lipinski definition) is 4. The molecule has 1 amide bonds. The zero-order valence-electron chi connectivity index (χ0n) is 12.8. The lowest BCUT2D eigenvalue weighted by Gasteiger charge is -2.14. The number of aromatic nitrogens is 1. The van der Waals surface area contributed by atoms with E-state index in [0.717, 1.165) is 10.7 Å². The highest BCUT2D eigenvalue weighted by Gasteiger charge is 2.17. The van der Waals surface area contributed by atoms with Crippen molar-refractivity contribution < 1.29 is 4.79 Å². The van der Waals surface area contributed by atoms with Crippen LogP contribution < -0.4 is 11.1 Å². The van der Waals surface area contributed by atoms with E-state index in [2.05, 4.69) is 31.1 Å². The van der Waals surface area contributed by atoms with E-state index in [9.17, 15) is 4.79 Å². The maximum Gasteiger partial charge on any atom is 0.251 e. The van der Waals surface area contributed by atoms with Gasteiger partial charge in [-0.25, -0.2) is 4.98 Å². The monoisotopic (exact) mass is 361 g/mol. The SMILES string of the molecule is CC(C)(C)c1csc(CNC(=O)c2cccc(N)c2)n1.Cl.Cl. The smallest absolute Gasteiger partial charge is 0.251 e. The molecule has 0 radical (unpaired) electrons. The molecule has 1 aromatic carbocycles. The average molecular weight is 362 g/mol. The van der Waals surface area contributed by atoms with Crippen LogP contribution in [0.15, 0.2) is 29.6 Å². The molecule has 122 valence electrons. The third-order valence-corrected chi connectivity index (χ3v) is 3.72. The normalized spacial score (nSPS) is 10.3. The van der Waals surface area contributed by atoms with Crippen LogP contribution in [0.1, 0.15) is 41.8 Å². The van der Waals surface area contributed by atoms with E-state index in [-0.39, 0.29) is 36.1 Å². The molecule has 0 atom stereocenters. The molecule has 0 saturated heterocycles. The molecular formula is C15H21Cl2N3OS. The van der Waals surface area contributed by atoms with Crippen LogP contribution in [0.3, 0.4) is 0 Å². The van der Waals surface area contributed by atoms with Crippen molar-refractivity contribution in [1.29, 1.82) is 0 Å². The van der Waals surface area contributed by atoms with Gasteiger partial charge in [-0.05, 0) is 18.2 Å². The third kappa shape index (κ3) is 5.48. The molecule has 4 nitrogen and oxygen atoms in total. The van der Waals surface area contributed by atoms with Gasteiger partial charge in [-0.15, -0.1) is 36.2 Å². The Labute approximate surface area is 147 Å². The van der Waals surface area contributed by atoms with Crippen molar-refractivity contribution in [1.82, 2.24) is 10.3 Å². The zero-order chi connectivity index (χ0) is 14.8. The van der Waals surface area contributed by atoms with E-state index in [1.165, 1.54) is 0 Å². The van der Waals surface area contributed by atoms with E-state index in [1.54, 1.807) is 35.6 Å². The Hall–Kier alpha value is -1.30. The van der Waals surface area contributed by atoms with Crippen LogP contribution in [0.25, 0.3) is 0 Å². The Morgan fingerprint density at radius 1 is 1.32 bits per heavy atom. The van der Waals surface area contributed by atoms with Crippen molar-refractivity contribution in [3.8, 4) is 0 Å². The molecule has 0 spiro atoms. The average Bonchev–Trinajstić information content (AvgIpc) is 2.84. The lowest BCUT2D eigenvalue weighted by Crippen LogP contribution is -2.23. The largest absolute Gasteiger partial charge is 0.399 e. The second-order valence-electron chi connectivity index (χ2n) is 5.68. The van der Waals surface area contributed by atoms with E-state index < -0.39 is 0 Å². The molecule has 1 aromatic heterocycles. The topological polar surface area (TPSA) is 68.0 Å². The number of hydrogen-bond donors (Lipinski definition) is 2. The molecule has 0 saturated carbocycles. The van der Waals surface area contributed by atoms with Gasteiger partial charge in [-0.1, -0.05) is 26.8 Å². The maximum atomic E-state index is 12.0. The molecule has 0 aliphatic carbocycles. The second kappa shape index (κ2) is 8.36.